The van der Waals surface area contributed by atoms with Gasteiger partial charge in [0, 0.05) is 0 Å². The SMILES string of the molecule is COc1ccccc1CCCC(I)C(=O)O. The van der Waals surface area contributed by atoms with E-state index in [2.05, 4.69) is 0 Å². The summed E-state index contributed by atoms with van der Waals surface area (Å²) in [6, 6.07) is 7.84. The van der Waals surface area contributed by atoms with Crippen LogP contribution in [0.4, 0.5) is 0 Å². The second-order valence-electron chi connectivity index (χ2n) is 3.51. The summed E-state index contributed by atoms with van der Waals surface area (Å²) in [6.07, 6.45) is 2.41. The first kappa shape index (κ1) is 13.3. The Morgan fingerprint density at radius 3 is 2.81 bits per heavy atom. The van der Waals surface area contributed by atoms with Crippen LogP contribution in [0.3, 0.4) is 0 Å². The number of carboxylic acids is 1. The van der Waals surface area contributed by atoms with Crippen molar-refractivity contribution in [3.05, 3.63) is 29.8 Å². The van der Waals surface area contributed by atoms with Crippen LogP contribution in [0.5, 0.6) is 5.75 Å². The summed E-state index contributed by atoms with van der Waals surface area (Å²) in [6.45, 7) is 0. The third kappa shape index (κ3) is 4.00. The number of benzene rings is 1. The molecule has 0 radical (unpaired) electrons. The zero-order chi connectivity index (χ0) is 12.0. The van der Waals surface area contributed by atoms with Crippen molar-refractivity contribution in [2.45, 2.75) is 23.2 Å². The molecule has 0 spiro atoms. The highest BCUT2D eigenvalue weighted by molar-refractivity contribution is 14.1. The highest BCUT2D eigenvalue weighted by Gasteiger charge is 2.12. The van der Waals surface area contributed by atoms with Crippen LogP contribution in [-0.4, -0.2) is 22.1 Å². The molecular formula is C12H15IO3. The van der Waals surface area contributed by atoms with Crippen molar-refractivity contribution >= 4 is 28.6 Å². The molecule has 4 heteroatoms. The standard InChI is InChI=1S/C12H15IO3/c1-16-11-8-3-2-5-9(11)6-4-7-10(13)12(14)15/h2-3,5,8,10H,4,6-7H2,1H3,(H,14,15). The molecule has 0 saturated carbocycles. The van der Waals surface area contributed by atoms with E-state index in [9.17, 15) is 4.79 Å². The van der Waals surface area contributed by atoms with Gasteiger partial charge < -0.3 is 9.84 Å². The lowest BCUT2D eigenvalue weighted by molar-refractivity contribution is -0.136. The predicted molar refractivity (Wildman–Crippen MR) is 71.4 cm³/mol. The Hall–Kier alpha value is -0.780. The highest BCUT2D eigenvalue weighted by atomic mass is 127. The van der Waals surface area contributed by atoms with Gasteiger partial charge in [0.25, 0.3) is 0 Å². The van der Waals surface area contributed by atoms with Gasteiger partial charge in [0.05, 0.1) is 7.11 Å². The Morgan fingerprint density at radius 1 is 1.50 bits per heavy atom. The van der Waals surface area contributed by atoms with Gasteiger partial charge in [0.15, 0.2) is 0 Å². The molecule has 1 aromatic rings. The second kappa shape index (κ2) is 6.73. The molecular weight excluding hydrogens is 319 g/mol. The van der Waals surface area contributed by atoms with E-state index in [-0.39, 0.29) is 3.92 Å². The minimum absolute atomic E-state index is 0.299. The van der Waals surface area contributed by atoms with Crippen molar-refractivity contribution < 1.29 is 14.6 Å². The molecule has 0 aromatic heterocycles. The molecule has 0 amide bonds. The van der Waals surface area contributed by atoms with E-state index in [1.165, 1.54) is 0 Å². The molecule has 0 heterocycles. The average molecular weight is 334 g/mol. The number of carbonyl (C=O) groups is 1. The lowest BCUT2D eigenvalue weighted by Crippen LogP contribution is -2.12. The fourth-order valence-electron chi connectivity index (χ4n) is 1.50. The number of hydrogen-bond acceptors (Lipinski definition) is 2. The van der Waals surface area contributed by atoms with Crippen LogP contribution in [0.1, 0.15) is 18.4 Å². The van der Waals surface area contributed by atoms with Gasteiger partial charge in [-0.25, -0.2) is 0 Å². The lowest BCUT2D eigenvalue weighted by atomic mass is 10.1. The van der Waals surface area contributed by atoms with Crippen LogP contribution < -0.4 is 4.74 Å². The van der Waals surface area contributed by atoms with E-state index in [4.69, 9.17) is 9.84 Å². The molecule has 1 atom stereocenters. The maximum Gasteiger partial charge on any atom is 0.316 e. The number of methoxy groups -OCH3 is 1. The normalized spacial score (nSPS) is 12.1. The van der Waals surface area contributed by atoms with Crippen molar-refractivity contribution in [1.82, 2.24) is 0 Å². The monoisotopic (exact) mass is 334 g/mol. The zero-order valence-corrected chi connectivity index (χ0v) is 11.3. The molecule has 0 aliphatic rings. The summed E-state index contributed by atoms with van der Waals surface area (Å²) in [5, 5.41) is 8.75. The van der Waals surface area contributed by atoms with Crippen LogP contribution >= 0.6 is 22.6 Å². The van der Waals surface area contributed by atoms with E-state index < -0.39 is 5.97 Å². The number of hydrogen-bond donors (Lipinski definition) is 1. The van der Waals surface area contributed by atoms with Gasteiger partial charge in [-0.05, 0) is 30.9 Å². The fraction of sp³-hybridized carbons (Fsp3) is 0.417. The summed E-state index contributed by atoms with van der Waals surface area (Å²) in [7, 11) is 1.65. The third-order valence-corrected chi connectivity index (χ3v) is 3.52. The van der Waals surface area contributed by atoms with E-state index in [0.717, 1.165) is 24.2 Å². The Bertz CT molecular complexity index is 352. The quantitative estimate of drug-likeness (QED) is 0.643. The Labute approximate surface area is 109 Å². The molecule has 3 nitrogen and oxygen atoms in total. The second-order valence-corrected chi connectivity index (χ2v) is 5.01. The van der Waals surface area contributed by atoms with E-state index in [0.29, 0.717) is 6.42 Å². The van der Waals surface area contributed by atoms with Crippen molar-refractivity contribution in [3.63, 3.8) is 0 Å². The van der Waals surface area contributed by atoms with E-state index >= 15 is 0 Å². The van der Waals surface area contributed by atoms with Gasteiger partial charge in [-0.2, -0.15) is 0 Å². The largest absolute Gasteiger partial charge is 0.496 e. The molecule has 16 heavy (non-hydrogen) atoms. The summed E-state index contributed by atoms with van der Waals surface area (Å²) in [5.41, 5.74) is 1.14. The molecule has 0 bridgehead atoms. The van der Waals surface area contributed by atoms with Gasteiger partial charge >= 0.3 is 5.97 Å². The van der Waals surface area contributed by atoms with E-state index in [1.54, 1.807) is 7.11 Å². The molecule has 1 unspecified atom stereocenters. The molecule has 1 rings (SSSR count). The summed E-state index contributed by atoms with van der Waals surface area (Å²) in [5.74, 6) is 0.142. The first-order valence-electron chi connectivity index (χ1n) is 5.14. The minimum Gasteiger partial charge on any atom is -0.496 e. The molecule has 0 saturated heterocycles. The number of para-hydroxylation sites is 1. The number of carboxylic acid groups (broad SMARTS) is 1. The number of aliphatic carboxylic acids is 1. The maximum absolute atomic E-state index is 10.6. The minimum atomic E-state index is -0.736. The molecule has 88 valence electrons. The van der Waals surface area contributed by atoms with Crippen molar-refractivity contribution in [1.29, 1.82) is 0 Å². The maximum atomic E-state index is 10.6. The number of rotatable bonds is 6. The van der Waals surface area contributed by atoms with Crippen molar-refractivity contribution in [2.75, 3.05) is 7.11 Å². The first-order chi connectivity index (χ1) is 7.65. The lowest BCUT2D eigenvalue weighted by Gasteiger charge is -2.08. The van der Waals surface area contributed by atoms with Gasteiger partial charge in [0.2, 0.25) is 0 Å². The number of ether oxygens (including phenoxy) is 1. The Kier molecular flexibility index (Phi) is 5.59. The highest BCUT2D eigenvalue weighted by Crippen LogP contribution is 2.20. The predicted octanol–water partition coefficient (Wildman–Crippen LogP) is 2.91. The van der Waals surface area contributed by atoms with Crippen LogP contribution in [0.2, 0.25) is 0 Å². The third-order valence-electron chi connectivity index (χ3n) is 2.36. The average Bonchev–Trinajstić information content (AvgIpc) is 2.29. The molecule has 0 aliphatic carbocycles. The van der Waals surface area contributed by atoms with Crippen LogP contribution in [0.25, 0.3) is 0 Å². The first-order valence-corrected chi connectivity index (χ1v) is 6.38. The summed E-state index contributed by atoms with van der Waals surface area (Å²) in [4.78, 5) is 10.6. The van der Waals surface area contributed by atoms with Crippen LogP contribution in [-0.2, 0) is 11.2 Å². The number of halogens is 1. The molecule has 0 aliphatic heterocycles. The van der Waals surface area contributed by atoms with Crippen LogP contribution in [0.15, 0.2) is 24.3 Å². The molecule has 0 fully saturated rings. The fourth-order valence-corrected chi connectivity index (χ4v) is 1.95. The number of alkyl halides is 1. The van der Waals surface area contributed by atoms with Gasteiger partial charge in [-0.1, -0.05) is 40.8 Å². The molecule has 1 N–H and O–H groups in total. The van der Waals surface area contributed by atoms with Crippen molar-refractivity contribution in [3.8, 4) is 5.75 Å². The van der Waals surface area contributed by atoms with Gasteiger partial charge in [0.1, 0.15) is 9.67 Å². The Balaban J connectivity index is 2.45. The molecule has 1 aromatic carbocycles. The van der Waals surface area contributed by atoms with Gasteiger partial charge in [-0.3, -0.25) is 4.79 Å². The van der Waals surface area contributed by atoms with Gasteiger partial charge in [-0.15, -0.1) is 0 Å². The topological polar surface area (TPSA) is 46.5 Å². The van der Waals surface area contributed by atoms with E-state index in [1.807, 2.05) is 46.9 Å². The smallest absolute Gasteiger partial charge is 0.316 e. The Morgan fingerprint density at radius 2 is 2.19 bits per heavy atom. The summed E-state index contributed by atoms with van der Waals surface area (Å²) >= 11 is 1.96. The van der Waals surface area contributed by atoms with Crippen molar-refractivity contribution in [2.24, 2.45) is 0 Å². The zero-order valence-electron chi connectivity index (χ0n) is 9.15. The summed E-state index contributed by atoms with van der Waals surface area (Å²) < 4.78 is 4.93. The van der Waals surface area contributed by atoms with Crippen LogP contribution in [0, 0.1) is 0 Å². The number of aryl methyl sites for hydroxylation is 1.